The second-order valence-corrected chi connectivity index (χ2v) is 2.83. The minimum absolute atomic E-state index is 0.244. The standard InChI is InChI=1S/C11H15NO4/c1-2-14-8-9-16-11(13)12-6-5-10-4-3-7-15-10/h3-7H,2,8-9H2,1H3,(H,12,13)/b6-5+. The number of furan rings is 1. The van der Waals surface area contributed by atoms with E-state index in [2.05, 4.69) is 5.32 Å². The molecule has 0 aliphatic carbocycles. The number of hydrogen-bond acceptors (Lipinski definition) is 4. The molecule has 0 unspecified atom stereocenters. The van der Waals surface area contributed by atoms with Gasteiger partial charge in [0.1, 0.15) is 12.4 Å². The van der Waals surface area contributed by atoms with Gasteiger partial charge in [0, 0.05) is 12.8 Å². The lowest BCUT2D eigenvalue weighted by atomic mass is 10.4. The molecule has 0 aromatic carbocycles. The van der Waals surface area contributed by atoms with E-state index in [1.54, 1.807) is 24.5 Å². The van der Waals surface area contributed by atoms with Crippen LogP contribution < -0.4 is 5.32 Å². The second-order valence-electron chi connectivity index (χ2n) is 2.83. The van der Waals surface area contributed by atoms with Gasteiger partial charge in [-0.25, -0.2) is 4.79 Å². The van der Waals surface area contributed by atoms with E-state index in [0.29, 0.717) is 19.0 Å². The fraction of sp³-hybridized carbons (Fsp3) is 0.364. The molecule has 0 bridgehead atoms. The lowest BCUT2D eigenvalue weighted by Gasteiger charge is -2.03. The first-order valence-electron chi connectivity index (χ1n) is 5.04. The van der Waals surface area contributed by atoms with Gasteiger partial charge < -0.3 is 13.9 Å². The highest BCUT2D eigenvalue weighted by molar-refractivity contribution is 5.69. The van der Waals surface area contributed by atoms with Crippen LogP contribution >= 0.6 is 0 Å². The Morgan fingerprint density at radius 1 is 1.56 bits per heavy atom. The minimum Gasteiger partial charge on any atom is -0.465 e. The van der Waals surface area contributed by atoms with Crippen molar-refractivity contribution in [2.45, 2.75) is 6.92 Å². The zero-order valence-electron chi connectivity index (χ0n) is 9.14. The summed E-state index contributed by atoms with van der Waals surface area (Å²) in [6, 6.07) is 3.54. The van der Waals surface area contributed by atoms with E-state index in [-0.39, 0.29) is 6.61 Å². The Morgan fingerprint density at radius 2 is 2.44 bits per heavy atom. The van der Waals surface area contributed by atoms with Crippen LogP contribution in [-0.2, 0) is 9.47 Å². The van der Waals surface area contributed by atoms with Gasteiger partial charge in [-0.15, -0.1) is 0 Å². The molecule has 1 heterocycles. The highest BCUT2D eigenvalue weighted by Gasteiger charge is 1.97. The fourth-order valence-electron chi connectivity index (χ4n) is 0.957. The van der Waals surface area contributed by atoms with Gasteiger partial charge >= 0.3 is 6.09 Å². The van der Waals surface area contributed by atoms with Crippen molar-refractivity contribution in [1.82, 2.24) is 5.32 Å². The Kier molecular flexibility index (Phi) is 5.80. The number of nitrogens with one attached hydrogen (secondary N) is 1. The quantitative estimate of drug-likeness (QED) is 0.752. The summed E-state index contributed by atoms with van der Waals surface area (Å²) in [7, 11) is 0. The maximum absolute atomic E-state index is 11.1. The summed E-state index contributed by atoms with van der Waals surface area (Å²) in [6.45, 7) is 3.15. The summed E-state index contributed by atoms with van der Waals surface area (Å²) in [5.74, 6) is 0.662. The molecule has 0 aliphatic heterocycles. The van der Waals surface area contributed by atoms with Crippen LogP contribution in [0.3, 0.4) is 0 Å². The SMILES string of the molecule is CCOCCOC(=O)N/C=C/c1ccco1. The first-order chi connectivity index (χ1) is 7.83. The third-order valence-corrected chi connectivity index (χ3v) is 1.66. The molecule has 1 N–H and O–H groups in total. The average Bonchev–Trinajstić information content (AvgIpc) is 2.77. The molecule has 1 amide bonds. The Morgan fingerprint density at radius 3 is 3.12 bits per heavy atom. The zero-order valence-corrected chi connectivity index (χ0v) is 9.14. The Balaban J connectivity index is 2.10. The molecule has 0 radical (unpaired) electrons. The van der Waals surface area contributed by atoms with Gasteiger partial charge in [0.25, 0.3) is 0 Å². The molecule has 1 rings (SSSR count). The molecule has 0 spiro atoms. The third kappa shape index (κ3) is 5.21. The van der Waals surface area contributed by atoms with Gasteiger partial charge in [-0.05, 0) is 25.1 Å². The lowest BCUT2D eigenvalue weighted by molar-refractivity contribution is 0.0804. The smallest absolute Gasteiger partial charge is 0.411 e. The van der Waals surface area contributed by atoms with Crippen molar-refractivity contribution in [1.29, 1.82) is 0 Å². The largest absolute Gasteiger partial charge is 0.465 e. The molecule has 16 heavy (non-hydrogen) atoms. The Hall–Kier alpha value is -1.75. The van der Waals surface area contributed by atoms with Crippen molar-refractivity contribution in [2.24, 2.45) is 0 Å². The summed E-state index contributed by atoms with van der Waals surface area (Å²) in [6.07, 6.45) is 4.13. The predicted octanol–water partition coefficient (Wildman–Crippen LogP) is 2.01. The third-order valence-electron chi connectivity index (χ3n) is 1.66. The molecule has 88 valence electrons. The average molecular weight is 225 g/mol. The van der Waals surface area contributed by atoms with E-state index in [0.717, 1.165) is 0 Å². The number of carbonyl (C=O) groups excluding carboxylic acids is 1. The first-order valence-corrected chi connectivity index (χ1v) is 5.04. The number of hydrogen-bond donors (Lipinski definition) is 1. The van der Waals surface area contributed by atoms with Crippen molar-refractivity contribution in [2.75, 3.05) is 19.8 Å². The van der Waals surface area contributed by atoms with Gasteiger partial charge in [-0.3, -0.25) is 5.32 Å². The number of ether oxygens (including phenoxy) is 2. The van der Waals surface area contributed by atoms with Crippen molar-refractivity contribution in [3.63, 3.8) is 0 Å². The molecule has 5 nitrogen and oxygen atoms in total. The van der Waals surface area contributed by atoms with Crippen LogP contribution in [0.5, 0.6) is 0 Å². The number of amides is 1. The van der Waals surface area contributed by atoms with Crippen LogP contribution in [0.15, 0.2) is 29.0 Å². The van der Waals surface area contributed by atoms with Gasteiger partial charge in [0.15, 0.2) is 0 Å². The summed E-state index contributed by atoms with van der Waals surface area (Å²) < 4.78 is 14.8. The van der Waals surface area contributed by atoms with E-state index < -0.39 is 6.09 Å². The van der Waals surface area contributed by atoms with Gasteiger partial charge in [-0.2, -0.15) is 0 Å². The first kappa shape index (κ1) is 12.3. The molecule has 0 saturated heterocycles. The van der Waals surface area contributed by atoms with Crippen LogP contribution in [-0.4, -0.2) is 25.9 Å². The molecule has 5 heteroatoms. The second kappa shape index (κ2) is 7.53. The summed E-state index contributed by atoms with van der Waals surface area (Å²) in [5.41, 5.74) is 0. The topological polar surface area (TPSA) is 60.7 Å². The van der Waals surface area contributed by atoms with E-state index >= 15 is 0 Å². The summed E-state index contributed by atoms with van der Waals surface area (Å²) in [4.78, 5) is 11.1. The number of alkyl carbamates (subject to hydrolysis) is 1. The molecule has 0 atom stereocenters. The highest BCUT2D eigenvalue weighted by Crippen LogP contribution is 2.00. The Bertz CT molecular complexity index is 319. The fourth-order valence-corrected chi connectivity index (χ4v) is 0.957. The maximum atomic E-state index is 11.1. The van der Waals surface area contributed by atoms with Crippen LogP contribution in [0, 0.1) is 0 Å². The molecule has 0 fully saturated rings. The van der Waals surface area contributed by atoms with Gasteiger partial charge in [0.05, 0.1) is 12.9 Å². The highest BCUT2D eigenvalue weighted by atomic mass is 16.6. The van der Waals surface area contributed by atoms with Crippen molar-refractivity contribution >= 4 is 12.2 Å². The van der Waals surface area contributed by atoms with Crippen molar-refractivity contribution in [3.8, 4) is 0 Å². The van der Waals surface area contributed by atoms with Crippen molar-refractivity contribution in [3.05, 3.63) is 30.4 Å². The molecular formula is C11H15NO4. The van der Waals surface area contributed by atoms with Gasteiger partial charge in [0.2, 0.25) is 0 Å². The molecule has 1 aromatic rings. The van der Waals surface area contributed by atoms with Crippen LogP contribution in [0.1, 0.15) is 12.7 Å². The Labute approximate surface area is 94.0 Å². The number of carbonyl (C=O) groups is 1. The molecular weight excluding hydrogens is 210 g/mol. The summed E-state index contributed by atoms with van der Waals surface area (Å²) in [5, 5.41) is 2.44. The van der Waals surface area contributed by atoms with Gasteiger partial charge in [-0.1, -0.05) is 0 Å². The van der Waals surface area contributed by atoms with E-state index in [1.165, 1.54) is 6.20 Å². The van der Waals surface area contributed by atoms with E-state index in [1.807, 2.05) is 6.92 Å². The summed E-state index contributed by atoms with van der Waals surface area (Å²) >= 11 is 0. The minimum atomic E-state index is -0.512. The molecule has 1 aromatic heterocycles. The zero-order chi connectivity index (χ0) is 11.6. The normalized spacial score (nSPS) is 10.6. The van der Waals surface area contributed by atoms with E-state index in [4.69, 9.17) is 13.9 Å². The van der Waals surface area contributed by atoms with Crippen LogP contribution in [0.2, 0.25) is 0 Å². The van der Waals surface area contributed by atoms with E-state index in [9.17, 15) is 4.79 Å². The van der Waals surface area contributed by atoms with Crippen LogP contribution in [0.25, 0.3) is 6.08 Å². The number of rotatable bonds is 6. The lowest BCUT2D eigenvalue weighted by Crippen LogP contribution is -2.20. The van der Waals surface area contributed by atoms with Crippen LogP contribution in [0.4, 0.5) is 4.79 Å². The van der Waals surface area contributed by atoms with Crippen molar-refractivity contribution < 1.29 is 18.7 Å². The maximum Gasteiger partial charge on any atom is 0.411 e. The predicted molar refractivity (Wildman–Crippen MR) is 58.7 cm³/mol. The molecule has 0 saturated carbocycles. The monoisotopic (exact) mass is 225 g/mol. The molecule has 0 aliphatic rings.